The number of rotatable bonds is 2. The molecule has 1 heterocycles. The summed E-state index contributed by atoms with van der Waals surface area (Å²) in [4.78, 5) is 0. The van der Waals surface area contributed by atoms with Gasteiger partial charge in [0.2, 0.25) is 0 Å². The van der Waals surface area contributed by atoms with E-state index in [0.717, 1.165) is 31.5 Å². The molecule has 0 saturated carbocycles. The molecule has 16 heavy (non-hydrogen) atoms. The minimum atomic E-state index is -0.481. The van der Waals surface area contributed by atoms with E-state index in [2.05, 4.69) is 5.32 Å². The predicted molar refractivity (Wildman–Crippen MR) is 62.2 cm³/mol. The first kappa shape index (κ1) is 11.4. The van der Waals surface area contributed by atoms with Crippen molar-refractivity contribution in [2.24, 2.45) is 5.92 Å². The summed E-state index contributed by atoms with van der Waals surface area (Å²) in [6.45, 7) is 5.58. The monoisotopic (exact) mass is 223 g/mol. The Morgan fingerprint density at radius 3 is 2.88 bits per heavy atom. The Morgan fingerprint density at radius 2 is 2.25 bits per heavy atom. The fourth-order valence-corrected chi connectivity index (χ4v) is 2.35. The second kappa shape index (κ2) is 4.42. The number of phenols is 1. The molecule has 1 aromatic rings. The molecule has 1 atom stereocenters. The number of aromatic hydroxyl groups is 1. The van der Waals surface area contributed by atoms with Crippen LogP contribution in [0.25, 0.3) is 0 Å². The standard InChI is InChI=1S/C13H18FNO/c1-8-5-11(6-10-3-4-15-7-10)9(2)13(16)12(8)14/h5,10,15-16H,3-4,6-7H2,1-2H3. The summed E-state index contributed by atoms with van der Waals surface area (Å²) < 4.78 is 13.4. The molecule has 2 N–H and O–H groups in total. The Balaban J connectivity index is 2.26. The van der Waals surface area contributed by atoms with Crippen LogP contribution >= 0.6 is 0 Å². The van der Waals surface area contributed by atoms with Crippen molar-refractivity contribution in [3.8, 4) is 5.75 Å². The maximum absolute atomic E-state index is 13.4. The van der Waals surface area contributed by atoms with Crippen LogP contribution in [0.4, 0.5) is 4.39 Å². The van der Waals surface area contributed by atoms with Gasteiger partial charge < -0.3 is 10.4 Å². The Morgan fingerprint density at radius 1 is 1.50 bits per heavy atom. The molecular weight excluding hydrogens is 205 g/mol. The number of hydrogen-bond acceptors (Lipinski definition) is 2. The third-order valence-corrected chi connectivity index (χ3v) is 3.45. The van der Waals surface area contributed by atoms with E-state index in [4.69, 9.17) is 0 Å². The summed E-state index contributed by atoms with van der Waals surface area (Å²) in [6, 6.07) is 1.86. The second-order valence-electron chi connectivity index (χ2n) is 4.70. The van der Waals surface area contributed by atoms with Gasteiger partial charge in [-0.2, -0.15) is 0 Å². The molecule has 1 aromatic carbocycles. The van der Waals surface area contributed by atoms with Gasteiger partial charge in [0.25, 0.3) is 0 Å². The van der Waals surface area contributed by atoms with Gasteiger partial charge in [-0.1, -0.05) is 6.07 Å². The van der Waals surface area contributed by atoms with E-state index in [1.807, 2.05) is 6.07 Å². The zero-order chi connectivity index (χ0) is 11.7. The first-order valence-corrected chi connectivity index (χ1v) is 5.78. The van der Waals surface area contributed by atoms with Crippen molar-refractivity contribution in [2.45, 2.75) is 26.7 Å². The maximum atomic E-state index is 13.4. The summed E-state index contributed by atoms with van der Waals surface area (Å²) in [6.07, 6.45) is 2.09. The van der Waals surface area contributed by atoms with E-state index in [-0.39, 0.29) is 5.75 Å². The molecule has 0 radical (unpaired) electrons. The number of hydrogen-bond donors (Lipinski definition) is 2. The van der Waals surface area contributed by atoms with Crippen LogP contribution in [0, 0.1) is 25.6 Å². The average Bonchev–Trinajstić information content (AvgIpc) is 2.76. The smallest absolute Gasteiger partial charge is 0.167 e. The van der Waals surface area contributed by atoms with Crippen LogP contribution in [-0.4, -0.2) is 18.2 Å². The van der Waals surface area contributed by atoms with Crippen molar-refractivity contribution in [2.75, 3.05) is 13.1 Å². The normalized spacial score (nSPS) is 20.3. The lowest BCUT2D eigenvalue weighted by atomic mass is 9.93. The Kier molecular flexibility index (Phi) is 3.15. The van der Waals surface area contributed by atoms with Crippen molar-refractivity contribution >= 4 is 0 Å². The van der Waals surface area contributed by atoms with E-state index in [1.54, 1.807) is 13.8 Å². The van der Waals surface area contributed by atoms with Crippen LogP contribution in [0.15, 0.2) is 6.07 Å². The highest BCUT2D eigenvalue weighted by Gasteiger charge is 2.18. The van der Waals surface area contributed by atoms with Gasteiger partial charge in [-0.3, -0.25) is 0 Å². The molecule has 2 rings (SSSR count). The van der Waals surface area contributed by atoms with Gasteiger partial charge in [0.15, 0.2) is 11.6 Å². The summed E-state index contributed by atoms with van der Waals surface area (Å²) in [5.74, 6) is -0.0466. The zero-order valence-corrected chi connectivity index (χ0v) is 9.81. The fourth-order valence-electron chi connectivity index (χ4n) is 2.35. The molecule has 0 spiro atoms. The molecule has 0 bridgehead atoms. The topological polar surface area (TPSA) is 32.3 Å². The van der Waals surface area contributed by atoms with E-state index >= 15 is 0 Å². The van der Waals surface area contributed by atoms with Gasteiger partial charge in [-0.05, 0) is 62.4 Å². The second-order valence-corrected chi connectivity index (χ2v) is 4.70. The lowest BCUT2D eigenvalue weighted by Crippen LogP contribution is -2.11. The van der Waals surface area contributed by atoms with Crippen LogP contribution in [0.1, 0.15) is 23.1 Å². The first-order chi connectivity index (χ1) is 7.59. The lowest BCUT2D eigenvalue weighted by molar-refractivity contribution is 0.424. The summed E-state index contributed by atoms with van der Waals surface area (Å²) in [5.41, 5.74) is 2.30. The summed E-state index contributed by atoms with van der Waals surface area (Å²) in [5, 5.41) is 13.0. The van der Waals surface area contributed by atoms with E-state index in [1.165, 1.54) is 0 Å². The Labute approximate surface area is 95.5 Å². The van der Waals surface area contributed by atoms with Crippen molar-refractivity contribution in [1.82, 2.24) is 5.32 Å². The molecule has 88 valence electrons. The zero-order valence-electron chi connectivity index (χ0n) is 9.81. The van der Waals surface area contributed by atoms with Crippen molar-refractivity contribution < 1.29 is 9.50 Å². The molecule has 0 aliphatic carbocycles. The average molecular weight is 223 g/mol. The predicted octanol–water partition coefficient (Wildman–Crippen LogP) is 2.30. The van der Waals surface area contributed by atoms with Gasteiger partial charge in [0, 0.05) is 0 Å². The molecule has 1 aliphatic heterocycles. The Hall–Kier alpha value is -1.09. The van der Waals surface area contributed by atoms with E-state index in [9.17, 15) is 9.50 Å². The molecule has 0 aromatic heterocycles. The number of nitrogens with one attached hydrogen (secondary N) is 1. The van der Waals surface area contributed by atoms with Gasteiger partial charge in [0.05, 0.1) is 0 Å². The van der Waals surface area contributed by atoms with Gasteiger partial charge in [0.1, 0.15) is 0 Å². The van der Waals surface area contributed by atoms with Gasteiger partial charge in [-0.25, -0.2) is 4.39 Å². The molecule has 2 nitrogen and oxygen atoms in total. The Bertz CT molecular complexity index is 397. The van der Waals surface area contributed by atoms with Gasteiger partial charge in [-0.15, -0.1) is 0 Å². The van der Waals surface area contributed by atoms with Crippen LogP contribution in [0.2, 0.25) is 0 Å². The number of phenolic OH excluding ortho intramolecular Hbond substituents is 1. The summed E-state index contributed by atoms with van der Waals surface area (Å²) >= 11 is 0. The fraction of sp³-hybridized carbons (Fsp3) is 0.538. The number of benzene rings is 1. The maximum Gasteiger partial charge on any atom is 0.167 e. The molecular formula is C13H18FNO. The highest BCUT2D eigenvalue weighted by molar-refractivity contribution is 5.43. The number of aryl methyl sites for hydroxylation is 1. The van der Waals surface area contributed by atoms with E-state index in [0.29, 0.717) is 17.0 Å². The minimum absolute atomic E-state index is 0.180. The van der Waals surface area contributed by atoms with Crippen LogP contribution < -0.4 is 5.32 Å². The highest BCUT2D eigenvalue weighted by Crippen LogP contribution is 2.29. The first-order valence-electron chi connectivity index (χ1n) is 5.78. The van der Waals surface area contributed by atoms with Crippen molar-refractivity contribution in [1.29, 1.82) is 0 Å². The van der Waals surface area contributed by atoms with E-state index < -0.39 is 5.82 Å². The lowest BCUT2D eigenvalue weighted by Gasteiger charge is -2.14. The van der Waals surface area contributed by atoms with Gasteiger partial charge >= 0.3 is 0 Å². The summed E-state index contributed by atoms with van der Waals surface area (Å²) in [7, 11) is 0. The van der Waals surface area contributed by atoms with Crippen molar-refractivity contribution in [3.63, 3.8) is 0 Å². The highest BCUT2D eigenvalue weighted by atomic mass is 19.1. The molecule has 1 unspecified atom stereocenters. The quantitative estimate of drug-likeness (QED) is 0.806. The largest absolute Gasteiger partial charge is 0.505 e. The third kappa shape index (κ3) is 2.05. The van der Waals surface area contributed by atoms with Crippen LogP contribution in [0.3, 0.4) is 0 Å². The third-order valence-electron chi connectivity index (χ3n) is 3.45. The SMILES string of the molecule is Cc1cc(CC2CCNC2)c(C)c(O)c1F. The number of halogens is 1. The molecule has 0 amide bonds. The molecule has 3 heteroatoms. The van der Waals surface area contributed by atoms with Crippen molar-refractivity contribution in [3.05, 3.63) is 28.6 Å². The minimum Gasteiger partial charge on any atom is -0.505 e. The van der Waals surface area contributed by atoms with Crippen LogP contribution in [0.5, 0.6) is 5.75 Å². The van der Waals surface area contributed by atoms with Crippen LogP contribution in [-0.2, 0) is 6.42 Å². The molecule has 1 aliphatic rings. The molecule has 1 saturated heterocycles. The molecule has 1 fully saturated rings.